The Labute approximate surface area is 174 Å². The molecule has 144 valence electrons. The molecule has 1 unspecified atom stereocenters. The van der Waals surface area contributed by atoms with E-state index < -0.39 is 5.66 Å². The highest BCUT2D eigenvalue weighted by molar-refractivity contribution is 9.10. The molecule has 0 saturated carbocycles. The van der Waals surface area contributed by atoms with Crippen LogP contribution in [0.5, 0.6) is 0 Å². The smallest absolute Gasteiger partial charge is 0.160 e. The third kappa shape index (κ3) is 4.43. The predicted octanol–water partition coefficient (Wildman–Crippen LogP) is 6.24. The lowest BCUT2D eigenvalue weighted by Gasteiger charge is -2.47. The molecule has 0 radical (unpaired) electrons. The molecule has 0 aliphatic rings. The maximum Gasteiger partial charge on any atom is 0.160 e. The third-order valence-corrected chi connectivity index (χ3v) is 4.99. The summed E-state index contributed by atoms with van der Waals surface area (Å²) in [7, 11) is 3.18. The zero-order valence-corrected chi connectivity index (χ0v) is 18.2. The van der Waals surface area contributed by atoms with Gasteiger partial charge in [0.15, 0.2) is 5.66 Å². The van der Waals surface area contributed by atoms with Gasteiger partial charge in [0.25, 0.3) is 0 Å². The van der Waals surface area contributed by atoms with E-state index in [2.05, 4.69) is 21.2 Å². The number of benzene rings is 2. The van der Waals surface area contributed by atoms with E-state index in [4.69, 9.17) is 11.6 Å². The lowest BCUT2D eigenvalue weighted by molar-refractivity contribution is 0.00978. The Kier molecular flexibility index (Phi) is 7.62. The molecule has 2 aromatic rings. The number of rotatable bonds is 7. The lowest BCUT2D eigenvalue weighted by atomic mass is 9.88. The lowest BCUT2D eigenvalue weighted by Crippen LogP contribution is -2.60. The molecule has 6 heteroatoms. The van der Waals surface area contributed by atoms with Gasteiger partial charge in [0, 0.05) is 16.5 Å². The molecule has 0 aliphatic heterocycles. The normalized spacial score (nSPS) is 14.6. The topological polar surface area (TPSA) is 18.5 Å². The fourth-order valence-electron chi connectivity index (χ4n) is 3.31. The average molecular weight is 453 g/mol. The molecular weight excluding hydrogens is 429 g/mol. The second kappa shape index (κ2) is 9.51. The molecule has 0 saturated heterocycles. The summed E-state index contributed by atoms with van der Waals surface area (Å²) in [5, 5.41) is 5.99. The Morgan fingerprint density at radius 3 is 2.33 bits per heavy atom. The monoisotopic (exact) mass is 451 g/mol. The van der Waals surface area contributed by atoms with Gasteiger partial charge >= 0.3 is 0 Å². The number of hydrogen-bond acceptors (Lipinski definition) is 3. The molecule has 0 aliphatic carbocycles. The molecule has 1 atom stereocenters. The van der Waals surface area contributed by atoms with Gasteiger partial charge in [0.05, 0.1) is 5.69 Å². The van der Waals surface area contributed by atoms with Crippen LogP contribution >= 0.6 is 27.5 Å². The number of allylic oxidation sites excluding steroid dienone is 2. The highest BCUT2D eigenvalue weighted by Gasteiger charge is 2.43. The highest BCUT2D eigenvalue weighted by atomic mass is 79.9. The molecule has 3 nitrogen and oxygen atoms in total. The minimum Gasteiger partial charge on any atom is -0.289 e. The fourth-order valence-corrected chi connectivity index (χ4v) is 4.15. The van der Waals surface area contributed by atoms with E-state index in [9.17, 15) is 0 Å². The van der Waals surface area contributed by atoms with Crippen molar-refractivity contribution in [2.24, 2.45) is 0 Å². The first-order valence-corrected chi connectivity index (χ1v) is 9.77. The van der Waals surface area contributed by atoms with Crippen molar-refractivity contribution in [2.45, 2.75) is 19.5 Å². The van der Waals surface area contributed by atoms with Crippen LogP contribution in [-0.2, 0) is 5.66 Å². The van der Waals surface area contributed by atoms with Crippen molar-refractivity contribution in [3.8, 4) is 0 Å². The number of hydrogen-bond donors (Lipinski definition) is 1. The zero-order valence-electron chi connectivity index (χ0n) is 15.9. The molecule has 0 amide bonds. The summed E-state index contributed by atoms with van der Waals surface area (Å²) in [6.45, 7) is 3.88. The SMILES string of the molecule is C/C=C\C(=C/C)C(NC)(c1ccccc1)N(c1cc(Cl)cc(Br)c1)N(C)F. The van der Waals surface area contributed by atoms with Crippen molar-refractivity contribution in [1.82, 2.24) is 10.5 Å². The van der Waals surface area contributed by atoms with Crippen LogP contribution in [0.4, 0.5) is 10.2 Å². The third-order valence-electron chi connectivity index (χ3n) is 4.31. The Balaban J connectivity index is 2.87. The summed E-state index contributed by atoms with van der Waals surface area (Å²) in [6, 6.07) is 15.1. The Hall–Kier alpha value is -1.66. The first-order valence-electron chi connectivity index (χ1n) is 8.60. The van der Waals surface area contributed by atoms with Gasteiger partial charge in [-0.05, 0) is 50.2 Å². The number of hydrazine groups is 1. The van der Waals surface area contributed by atoms with Crippen LogP contribution in [0.25, 0.3) is 0 Å². The number of likely N-dealkylation sites (N-methyl/N-ethyl adjacent to an activating group) is 1. The second-order valence-corrected chi connectivity index (χ2v) is 7.31. The zero-order chi connectivity index (χ0) is 20.0. The van der Waals surface area contributed by atoms with Crippen molar-refractivity contribution < 1.29 is 4.48 Å². The Morgan fingerprint density at radius 1 is 1.19 bits per heavy atom. The van der Waals surface area contributed by atoms with Gasteiger partial charge < -0.3 is 0 Å². The van der Waals surface area contributed by atoms with E-state index >= 15 is 4.48 Å². The van der Waals surface area contributed by atoms with Gasteiger partial charge in [-0.2, -0.15) is 0 Å². The fraction of sp³-hybridized carbons (Fsp3) is 0.238. The summed E-state index contributed by atoms with van der Waals surface area (Å²) < 4.78 is 15.8. The Bertz CT molecular complexity index is 803. The van der Waals surface area contributed by atoms with Gasteiger partial charge in [0.1, 0.15) is 0 Å². The van der Waals surface area contributed by atoms with Crippen LogP contribution in [0.3, 0.4) is 0 Å². The number of nitrogens with one attached hydrogen (secondary N) is 1. The molecule has 0 heterocycles. The van der Waals surface area contributed by atoms with Crippen LogP contribution in [0, 0.1) is 0 Å². The first-order chi connectivity index (χ1) is 12.9. The molecule has 0 bridgehead atoms. The van der Waals surface area contributed by atoms with Crippen molar-refractivity contribution in [2.75, 3.05) is 19.1 Å². The molecule has 27 heavy (non-hydrogen) atoms. The highest BCUT2D eigenvalue weighted by Crippen LogP contribution is 2.40. The van der Waals surface area contributed by atoms with Crippen molar-refractivity contribution in [3.63, 3.8) is 0 Å². The van der Waals surface area contributed by atoms with E-state index in [0.717, 1.165) is 15.6 Å². The van der Waals surface area contributed by atoms with Gasteiger partial charge in [-0.25, -0.2) is 0 Å². The van der Waals surface area contributed by atoms with E-state index in [-0.39, 0.29) is 0 Å². The van der Waals surface area contributed by atoms with Crippen LogP contribution in [0.2, 0.25) is 5.02 Å². The van der Waals surface area contributed by atoms with Crippen LogP contribution in [0.15, 0.2) is 76.8 Å². The maximum absolute atomic E-state index is 15.0. The second-order valence-electron chi connectivity index (χ2n) is 5.95. The van der Waals surface area contributed by atoms with E-state index in [1.165, 1.54) is 7.05 Å². The van der Waals surface area contributed by atoms with Crippen LogP contribution in [-0.4, -0.2) is 19.3 Å². The molecule has 1 N–H and O–H groups in total. The van der Waals surface area contributed by atoms with Crippen LogP contribution < -0.4 is 10.3 Å². The summed E-state index contributed by atoms with van der Waals surface area (Å²) >= 11 is 9.73. The first kappa shape index (κ1) is 21.6. The Morgan fingerprint density at radius 2 is 1.85 bits per heavy atom. The summed E-state index contributed by atoms with van der Waals surface area (Å²) in [6.07, 6.45) is 5.88. The average Bonchev–Trinajstić information content (AvgIpc) is 2.64. The molecular formula is C21H24BrClFN3. The van der Waals surface area contributed by atoms with E-state index in [0.29, 0.717) is 15.9 Å². The van der Waals surface area contributed by atoms with Crippen molar-refractivity contribution >= 4 is 33.2 Å². The summed E-state index contributed by atoms with van der Waals surface area (Å²) in [5.41, 5.74) is 1.39. The predicted molar refractivity (Wildman–Crippen MR) is 116 cm³/mol. The van der Waals surface area contributed by atoms with E-state index in [1.807, 2.05) is 75.5 Å². The standard InChI is InChI=1S/C21H24BrClFN3/c1-5-10-16(6-2)21(25-3,17-11-8-7-9-12-17)27(26(4)24)20-14-18(22)13-19(23)15-20/h5-15,25H,1-4H3/b10-5-,16-6+. The molecule has 0 spiro atoms. The van der Waals surface area contributed by atoms with Gasteiger partial charge in [0.2, 0.25) is 0 Å². The van der Waals surface area contributed by atoms with Gasteiger partial charge in [-0.15, -0.1) is 4.48 Å². The number of nitrogens with zero attached hydrogens (tertiary/aromatic N) is 2. The molecule has 2 aromatic carbocycles. The molecule has 2 rings (SSSR count). The van der Waals surface area contributed by atoms with Gasteiger partial charge in [-0.1, -0.05) is 81.3 Å². The molecule has 0 aromatic heterocycles. The number of halogens is 3. The van der Waals surface area contributed by atoms with Crippen molar-refractivity contribution in [1.29, 1.82) is 0 Å². The van der Waals surface area contributed by atoms with Crippen LogP contribution in [0.1, 0.15) is 19.4 Å². The van der Waals surface area contributed by atoms with E-state index in [1.54, 1.807) is 17.1 Å². The maximum atomic E-state index is 15.0. The minimum absolute atomic E-state index is 0.511. The number of anilines is 1. The summed E-state index contributed by atoms with van der Waals surface area (Å²) in [5.74, 6) is 0. The largest absolute Gasteiger partial charge is 0.289 e. The summed E-state index contributed by atoms with van der Waals surface area (Å²) in [4.78, 5) is 0. The quantitative estimate of drug-likeness (QED) is 0.232. The molecule has 0 fully saturated rings. The minimum atomic E-state index is -0.990. The van der Waals surface area contributed by atoms with Crippen molar-refractivity contribution in [3.05, 3.63) is 87.4 Å². The van der Waals surface area contributed by atoms with Gasteiger partial charge in [-0.3, -0.25) is 10.3 Å².